The van der Waals surface area contributed by atoms with E-state index in [0.29, 0.717) is 5.82 Å². The maximum atomic E-state index is 14.0. The molecule has 10 heteroatoms. The number of aliphatic carboxylic acids is 1. The van der Waals surface area contributed by atoms with Crippen molar-refractivity contribution in [2.45, 2.75) is 25.8 Å². The van der Waals surface area contributed by atoms with Gasteiger partial charge < -0.3 is 14.5 Å². The smallest absolute Gasteiger partial charge is 0.305 e. The van der Waals surface area contributed by atoms with Gasteiger partial charge in [-0.15, -0.1) is 0 Å². The number of carbonyl (C=O) groups excluding carboxylic acids is 1. The Morgan fingerprint density at radius 3 is 2.76 bits per heavy atom. The second-order valence-electron chi connectivity index (χ2n) is 6.20. The van der Waals surface area contributed by atoms with Gasteiger partial charge >= 0.3 is 5.97 Å². The van der Waals surface area contributed by atoms with Crippen molar-refractivity contribution in [1.82, 2.24) is 15.0 Å². The molecule has 2 aromatic heterocycles. The Morgan fingerprint density at radius 2 is 2.03 bits per heavy atom. The number of benzene rings is 1. The van der Waals surface area contributed by atoms with Gasteiger partial charge in [0.05, 0.1) is 6.42 Å². The third kappa shape index (κ3) is 5.44. The molecule has 2 heterocycles. The monoisotopic (exact) mass is 421 g/mol. The minimum absolute atomic E-state index is 0.0266. The summed E-state index contributed by atoms with van der Waals surface area (Å²) < 4.78 is 32.5. The van der Waals surface area contributed by atoms with E-state index in [4.69, 9.17) is 9.63 Å². The molecule has 0 radical (unpaired) electrons. The van der Waals surface area contributed by atoms with Crippen LogP contribution >= 0.6 is 11.3 Å². The topological polar surface area (TPSA) is 96.5 Å². The number of hydrogen-bond donors (Lipinski definition) is 1. The van der Waals surface area contributed by atoms with E-state index in [1.54, 1.807) is 0 Å². The van der Waals surface area contributed by atoms with Gasteiger partial charge in [-0.25, -0.2) is 8.78 Å². The first kappa shape index (κ1) is 20.6. The number of rotatable bonds is 9. The van der Waals surface area contributed by atoms with E-state index in [0.717, 1.165) is 11.6 Å². The zero-order chi connectivity index (χ0) is 20.8. The summed E-state index contributed by atoms with van der Waals surface area (Å²) in [6.45, 7) is -0.367. The highest BCUT2D eigenvalue weighted by Gasteiger charge is 2.19. The number of carbonyl (C=O) groups is 2. The Hall–Kier alpha value is -3.14. The molecule has 29 heavy (non-hydrogen) atoms. The summed E-state index contributed by atoms with van der Waals surface area (Å²) >= 11 is 1.49. The van der Waals surface area contributed by atoms with Gasteiger partial charge in [-0.3, -0.25) is 9.59 Å². The van der Waals surface area contributed by atoms with Gasteiger partial charge in [-0.05, 0) is 17.5 Å². The number of thiophene rings is 1. The largest absolute Gasteiger partial charge is 0.481 e. The Labute approximate surface area is 168 Å². The van der Waals surface area contributed by atoms with Crippen LogP contribution in [0.5, 0.6) is 0 Å². The van der Waals surface area contributed by atoms with Crippen LogP contribution in [-0.2, 0) is 22.6 Å². The Morgan fingerprint density at radius 1 is 1.21 bits per heavy atom. The van der Waals surface area contributed by atoms with E-state index < -0.39 is 23.5 Å². The first-order valence-electron chi connectivity index (χ1n) is 8.71. The summed E-state index contributed by atoms with van der Waals surface area (Å²) in [7, 11) is 0. The quantitative estimate of drug-likeness (QED) is 0.568. The molecule has 1 amide bonds. The van der Waals surface area contributed by atoms with E-state index in [-0.39, 0.29) is 43.8 Å². The second kappa shape index (κ2) is 9.37. The summed E-state index contributed by atoms with van der Waals surface area (Å²) in [5.41, 5.74) is 0.780. The molecule has 0 bridgehead atoms. The Kier molecular flexibility index (Phi) is 6.65. The number of carboxylic acids is 1. The highest BCUT2D eigenvalue weighted by molar-refractivity contribution is 7.08. The van der Waals surface area contributed by atoms with Crippen molar-refractivity contribution in [3.8, 4) is 11.4 Å². The maximum Gasteiger partial charge on any atom is 0.305 e. The fourth-order valence-electron chi connectivity index (χ4n) is 2.64. The van der Waals surface area contributed by atoms with E-state index in [1.165, 1.54) is 28.4 Å². The number of nitrogens with zero attached hydrogens (tertiary/aromatic N) is 3. The first-order chi connectivity index (χ1) is 13.9. The van der Waals surface area contributed by atoms with Gasteiger partial charge in [0, 0.05) is 42.4 Å². The minimum atomic E-state index is -1.10. The van der Waals surface area contributed by atoms with Crippen LogP contribution in [-0.4, -0.2) is 38.6 Å². The van der Waals surface area contributed by atoms with Crippen molar-refractivity contribution in [2.75, 3.05) is 6.54 Å². The van der Waals surface area contributed by atoms with Crippen LogP contribution in [0.25, 0.3) is 11.4 Å². The summed E-state index contributed by atoms with van der Waals surface area (Å²) in [4.78, 5) is 28.9. The van der Waals surface area contributed by atoms with E-state index in [1.807, 2.05) is 16.8 Å². The average molecular weight is 421 g/mol. The fraction of sp³-hybridized carbons (Fsp3) is 0.263. The normalized spacial score (nSPS) is 10.8. The van der Waals surface area contributed by atoms with Crippen molar-refractivity contribution in [2.24, 2.45) is 0 Å². The van der Waals surface area contributed by atoms with Crippen LogP contribution in [0.2, 0.25) is 0 Å². The molecule has 152 valence electrons. The lowest BCUT2D eigenvalue weighted by Crippen LogP contribution is -2.33. The van der Waals surface area contributed by atoms with E-state index in [9.17, 15) is 18.4 Å². The number of hydrogen-bond acceptors (Lipinski definition) is 6. The molecule has 0 spiro atoms. The molecular formula is C19H17F2N3O4S. The van der Waals surface area contributed by atoms with Crippen molar-refractivity contribution >= 4 is 23.2 Å². The van der Waals surface area contributed by atoms with Crippen molar-refractivity contribution in [1.29, 1.82) is 0 Å². The van der Waals surface area contributed by atoms with Crippen LogP contribution in [0.4, 0.5) is 8.78 Å². The zero-order valence-corrected chi connectivity index (χ0v) is 16.0. The van der Waals surface area contributed by atoms with Gasteiger partial charge in [0.1, 0.15) is 0 Å². The fourth-order valence-corrected chi connectivity index (χ4v) is 3.27. The lowest BCUT2D eigenvalue weighted by molar-refractivity contribution is -0.138. The molecule has 0 saturated carbocycles. The molecule has 7 nitrogen and oxygen atoms in total. The predicted octanol–water partition coefficient (Wildman–Crippen LogP) is 3.51. The molecule has 1 aromatic carbocycles. The molecule has 3 aromatic rings. The van der Waals surface area contributed by atoms with E-state index >= 15 is 0 Å². The molecule has 0 aliphatic carbocycles. The minimum Gasteiger partial charge on any atom is -0.481 e. The number of amides is 1. The highest BCUT2D eigenvalue weighted by atomic mass is 32.1. The standard InChI is InChI=1S/C19H17F2N3O4S/c20-14-3-1-2-12(18(14)21)10-24(8-6-17(26)27)16(25)5-4-15-22-19(23-28-15)13-7-9-29-11-13/h1-3,7,9,11H,4-6,8,10H2,(H,26,27). The zero-order valence-electron chi connectivity index (χ0n) is 15.2. The molecule has 1 N–H and O–H groups in total. The van der Waals surface area contributed by atoms with Crippen LogP contribution in [0.3, 0.4) is 0 Å². The molecule has 0 unspecified atom stereocenters. The SMILES string of the molecule is O=C(O)CCN(Cc1cccc(F)c1F)C(=O)CCc1nc(-c2ccsc2)no1. The van der Waals surface area contributed by atoms with Gasteiger partial charge in [0.2, 0.25) is 17.6 Å². The first-order valence-corrected chi connectivity index (χ1v) is 9.66. The van der Waals surface area contributed by atoms with Crippen molar-refractivity contribution < 1.29 is 28.0 Å². The summed E-state index contributed by atoms with van der Waals surface area (Å²) in [6.07, 6.45) is -0.210. The summed E-state index contributed by atoms with van der Waals surface area (Å²) in [5, 5.41) is 16.5. The highest BCUT2D eigenvalue weighted by Crippen LogP contribution is 2.19. The lowest BCUT2D eigenvalue weighted by Gasteiger charge is -2.22. The molecule has 0 aliphatic rings. The molecule has 0 atom stereocenters. The van der Waals surface area contributed by atoms with Gasteiger partial charge in [0.15, 0.2) is 11.6 Å². The number of carboxylic acid groups (broad SMARTS) is 1. The second-order valence-corrected chi connectivity index (χ2v) is 6.98. The third-order valence-corrected chi connectivity index (χ3v) is 4.82. The predicted molar refractivity (Wildman–Crippen MR) is 100.0 cm³/mol. The number of halogens is 2. The Balaban J connectivity index is 1.66. The molecule has 3 rings (SSSR count). The van der Waals surface area contributed by atoms with Gasteiger partial charge in [-0.2, -0.15) is 16.3 Å². The molecule has 0 saturated heterocycles. The van der Waals surface area contributed by atoms with Gasteiger partial charge in [-0.1, -0.05) is 17.3 Å². The Bertz CT molecular complexity index is 991. The van der Waals surface area contributed by atoms with Crippen molar-refractivity contribution in [3.05, 3.63) is 58.1 Å². The van der Waals surface area contributed by atoms with E-state index in [2.05, 4.69) is 10.1 Å². The lowest BCUT2D eigenvalue weighted by atomic mass is 10.1. The maximum absolute atomic E-state index is 14.0. The molecular weight excluding hydrogens is 404 g/mol. The van der Waals surface area contributed by atoms with Crippen molar-refractivity contribution in [3.63, 3.8) is 0 Å². The average Bonchev–Trinajstić information content (AvgIpc) is 3.37. The van der Waals surface area contributed by atoms with Gasteiger partial charge in [0.25, 0.3) is 0 Å². The van der Waals surface area contributed by atoms with Crippen LogP contribution in [0.15, 0.2) is 39.5 Å². The summed E-state index contributed by atoms with van der Waals surface area (Å²) in [5.74, 6) is -2.93. The molecule has 0 aliphatic heterocycles. The van der Waals surface area contributed by atoms with Crippen LogP contribution < -0.4 is 0 Å². The van der Waals surface area contributed by atoms with Crippen LogP contribution in [0, 0.1) is 11.6 Å². The summed E-state index contributed by atoms with van der Waals surface area (Å²) in [6, 6.07) is 5.50. The molecule has 0 fully saturated rings. The number of aromatic nitrogens is 2. The van der Waals surface area contributed by atoms with Crippen LogP contribution in [0.1, 0.15) is 24.3 Å². The third-order valence-electron chi connectivity index (χ3n) is 4.14. The number of aryl methyl sites for hydroxylation is 1.